The lowest BCUT2D eigenvalue weighted by Gasteiger charge is -2.29. The Balaban J connectivity index is 4.10. The smallest absolute Gasteiger partial charge is 0.0264 e. The minimum atomic E-state index is 0.263. The largest absolute Gasteiger partial charge is 0.101 e. The number of hydrogen-bond donors (Lipinski definition) is 0. The first-order valence-electron chi connectivity index (χ1n) is 7.28. The molecule has 0 radical (unpaired) electrons. The van der Waals surface area contributed by atoms with Crippen molar-refractivity contribution >= 4 is 15.8 Å². The van der Waals surface area contributed by atoms with Crippen LogP contribution in [-0.4, -0.2) is 35.0 Å². The number of hydrogen-bond acceptors (Lipinski definition) is 0. The quantitative estimate of drug-likeness (QED) is 0.479. The Morgan fingerprint density at radius 1 is 0.529 bits per heavy atom. The average Bonchev–Trinajstić information content (AvgIpc) is 2.14. The topological polar surface area (TPSA) is 0 Å². The first-order valence-corrected chi connectivity index (χ1v) is 10.6. The van der Waals surface area contributed by atoms with Gasteiger partial charge in [0.05, 0.1) is 0 Å². The van der Waals surface area contributed by atoms with E-state index in [9.17, 15) is 0 Å². The second-order valence-electron chi connectivity index (χ2n) is 6.20. The summed E-state index contributed by atoms with van der Waals surface area (Å²) < 4.78 is 0. The van der Waals surface area contributed by atoms with Gasteiger partial charge >= 0.3 is 0 Å². The van der Waals surface area contributed by atoms with Gasteiger partial charge in [0.1, 0.15) is 0 Å². The van der Waals surface area contributed by atoms with Crippen LogP contribution >= 0.6 is 15.8 Å². The SMILES string of the molecule is CC(C)P(CCCP(C(C)C)C(C)C)C(C)C. The van der Waals surface area contributed by atoms with Gasteiger partial charge in [-0.05, 0) is 41.4 Å². The third kappa shape index (κ3) is 7.12. The summed E-state index contributed by atoms with van der Waals surface area (Å²) >= 11 is 0. The van der Waals surface area contributed by atoms with Crippen LogP contribution in [0, 0.1) is 0 Å². The molecule has 2 heteroatoms. The average molecular weight is 276 g/mol. The van der Waals surface area contributed by atoms with Crippen molar-refractivity contribution in [3.63, 3.8) is 0 Å². The van der Waals surface area contributed by atoms with E-state index in [1.165, 1.54) is 18.7 Å². The van der Waals surface area contributed by atoms with Crippen molar-refractivity contribution in [2.75, 3.05) is 12.3 Å². The zero-order valence-corrected chi connectivity index (χ0v) is 15.1. The fourth-order valence-corrected chi connectivity index (χ4v) is 8.41. The summed E-state index contributed by atoms with van der Waals surface area (Å²) in [5, 5.41) is 0. The molecule has 0 spiro atoms. The maximum Gasteiger partial charge on any atom is -0.0264 e. The van der Waals surface area contributed by atoms with Crippen molar-refractivity contribution < 1.29 is 0 Å². The molecule has 0 nitrogen and oxygen atoms in total. The van der Waals surface area contributed by atoms with Crippen LogP contribution in [0.1, 0.15) is 61.8 Å². The van der Waals surface area contributed by atoms with Crippen molar-refractivity contribution in [1.82, 2.24) is 0 Å². The molecule has 0 aliphatic heterocycles. The first-order chi connectivity index (χ1) is 7.77. The molecule has 0 atom stereocenters. The Bertz CT molecular complexity index is 149. The highest BCUT2D eigenvalue weighted by Crippen LogP contribution is 2.50. The van der Waals surface area contributed by atoms with Crippen LogP contribution in [0.15, 0.2) is 0 Å². The molecule has 0 bridgehead atoms. The van der Waals surface area contributed by atoms with Crippen LogP contribution in [0.4, 0.5) is 0 Å². The number of rotatable bonds is 8. The zero-order chi connectivity index (χ0) is 13.6. The maximum absolute atomic E-state index is 2.42. The highest BCUT2D eigenvalue weighted by Gasteiger charge is 2.19. The van der Waals surface area contributed by atoms with Gasteiger partial charge in [0.25, 0.3) is 0 Å². The molecule has 104 valence electrons. The lowest BCUT2D eigenvalue weighted by atomic mass is 10.5. The van der Waals surface area contributed by atoms with E-state index in [0.717, 1.165) is 22.6 Å². The van der Waals surface area contributed by atoms with E-state index >= 15 is 0 Å². The van der Waals surface area contributed by atoms with E-state index in [1.54, 1.807) is 0 Å². The van der Waals surface area contributed by atoms with Gasteiger partial charge in [0.15, 0.2) is 0 Å². The molecule has 0 aromatic carbocycles. The third-order valence-electron chi connectivity index (χ3n) is 3.49. The normalized spacial score (nSPS) is 13.1. The Labute approximate surface area is 113 Å². The molecule has 17 heavy (non-hydrogen) atoms. The molecule has 0 fully saturated rings. The third-order valence-corrected chi connectivity index (χ3v) is 10.5. The van der Waals surface area contributed by atoms with Crippen LogP contribution in [0.2, 0.25) is 0 Å². The molecule has 0 unspecified atom stereocenters. The Morgan fingerprint density at radius 3 is 0.941 bits per heavy atom. The molecule has 0 N–H and O–H groups in total. The van der Waals surface area contributed by atoms with Crippen molar-refractivity contribution in [3.8, 4) is 0 Å². The lowest BCUT2D eigenvalue weighted by molar-refractivity contribution is 0.950. The molecule has 0 amide bonds. The molecule has 0 saturated carbocycles. The molecular weight excluding hydrogens is 242 g/mol. The molecule has 0 aromatic heterocycles. The van der Waals surface area contributed by atoms with E-state index in [4.69, 9.17) is 0 Å². The zero-order valence-electron chi connectivity index (χ0n) is 13.3. The minimum absolute atomic E-state index is 0.263. The first kappa shape index (κ1) is 17.9. The van der Waals surface area contributed by atoms with Crippen LogP contribution in [0.5, 0.6) is 0 Å². The molecule has 0 aliphatic carbocycles. The minimum Gasteiger partial charge on any atom is -0.101 e. The fourth-order valence-electron chi connectivity index (χ4n) is 2.66. The Hall–Kier alpha value is 0.860. The standard InChI is InChI=1S/C15H34P2/c1-12(2)16(13(3)4)10-9-11-17(14(5)6)15(7)8/h12-15H,9-11H2,1-8H3. The van der Waals surface area contributed by atoms with Gasteiger partial charge in [-0.25, -0.2) is 0 Å². The highest BCUT2D eigenvalue weighted by atomic mass is 31.1. The predicted molar refractivity (Wildman–Crippen MR) is 88.7 cm³/mol. The van der Waals surface area contributed by atoms with Crippen molar-refractivity contribution in [2.45, 2.75) is 84.4 Å². The molecule has 0 aliphatic rings. The molecular formula is C15H34P2. The van der Waals surface area contributed by atoms with Crippen LogP contribution in [0.3, 0.4) is 0 Å². The Morgan fingerprint density at radius 2 is 0.765 bits per heavy atom. The lowest BCUT2D eigenvalue weighted by Crippen LogP contribution is -2.10. The van der Waals surface area contributed by atoms with Gasteiger partial charge in [-0.3, -0.25) is 0 Å². The second kappa shape index (κ2) is 8.87. The summed E-state index contributed by atoms with van der Waals surface area (Å²) in [5.41, 5.74) is 3.65. The molecule has 0 rings (SSSR count). The van der Waals surface area contributed by atoms with Gasteiger partial charge in [-0.2, -0.15) is 0 Å². The van der Waals surface area contributed by atoms with Gasteiger partial charge in [0, 0.05) is 0 Å². The van der Waals surface area contributed by atoms with Gasteiger partial charge in [0.2, 0.25) is 0 Å². The predicted octanol–water partition coefficient (Wildman–Crippen LogP) is 5.97. The van der Waals surface area contributed by atoms with Gasteiger partial charge in [-0.1, -0.05) is 55.4 Å². The molecule has 0 heterocycles. The van der Waals surface area contributed by atoms with E-state index in [0.29, 0.717) is 0 Å². The van der Waals surface area contributed by atoms with Crippen LogP contribution in [-0.2, 0) is 0 Å². The van der Waals surface area contributed by atoms with E-state index in [-0.39, 0.29) is 15.8 Å². The van der Waals surface area contributed by atoms with Gasteiger partial charge in [-0.15, -0.1) is 15.8 Å². The summed E-state index contributed by atoms with van der Waals surface area (Å²) in [4.78, 5) is 0. The van der Waals surface area contributed by atoms with Crippen LogP contribution < -0.4 is 0 Å². The van der Waals surface area contributed by atoms with E-state index in [1.807, 2.05) is 0 Å². The van der Waals surface area contributed by atoms with Crippen molar-refractivity contribution in [1.29, 1.82) is 0 Å². The van der Waals surface area contributed by atoms with Crippen molar-refractivity contribution in [3.05, 3.63) is 0 Å². The summed E-state index contributed by atoms with van der Waals surface area (Å²) in [7, 11) is 0.525. The van der Waals surface area contributed by atoms with E-state index in [2.05, 4.69) is 55.4 Å². The Kier molecular flexibility index (Phi) is 9.32. The highest BCUT2D eigenvalue weighted by molar-refractivity contribution is 7.60. The van der Waals surface area contributed by atoms with Gasteiger partial charge < -0.3 is 0 Å². The maximum atomic E-state index is 2.42. The van der Waals surface area contributed by atoms with E-state index < -0.39 is 0 Å². The van der Waals surface area contributed by atoms with Crippen LogP contribution in [0.25, 0.3) is 0 Å². The molecule has 0 aromatic rings. The fraction of sp³-hybridized carbons (Fsp3) is 1.00. The molecule has 0 saturated heterocycles. The summed E-state index contributed by atoms with van der Waals surface area (Å²) in [6.45, 7) is 19.3. The monoisotopic (exact) mass is 276 g/mol. The summed E-state index contributed by atoms with van der Waals surface area (Å²) in [6, 6.07) is 0. The summed E-state index contributed by atoms with van der Waals surface area (Å²) in [6.07, 6.45) is 4.48. The second-order valence-corrected chi connectivity index (χ2v) is 13.3. The summed E-state index contributed by atoms with van der Waals surface area (Å²) in [5.74, 6) is 0. The van der Waals surface area contributed by atoms with Crippen molar-refractivity contribution in [2.24, 2.45) is 0 Å².